The number of rotatable bonds is 6. The summed E-state index contributed by atoms with van der Waals surface area (Å²) in [4.78, 5) is 26.1. The second kappa shape index (κ2) is 8.71. The zero-order valence-electron chi connectivity index (χ0n) is 14.9. The molecule has 1 N–H and O–H groups in total. The van der Waals surface area contributed by atoms with Gasteiger partial charge in [0.15, 0.2) is 6.61 Å². The SMILES string of the molecule is CCCNC(=O)C1CCN(C(=O)COc2cc(C)ccc2C)CC1. The van der Waals surface area contributed by atoms with Crippen LogP contribution < -0.4 is 10.1 Å². The Morgan fingerprint density at radius 3 is 2.62 bits per heavy atom. The smallest absolute Gasteiger partial charge is 0.260 e. The molecular weight excluding hydrogens is 304 g/mol. The molecule has 132 valence electrons. The molecule has 5 nitrogen and oxygen atoms in total. The summed E-state index contributed by atoms with van der Waals surface area (Å²) >= 11 is 0. The number of hydrogen-bond acceptors (Lipinski definition) is 3. The molecule has 5 heteroatoms. The molecule has 0 atom stereocenters. The Morgan fingerprint density at radius 1 is 1.25 bits per heavy atom. The fourth-order valence-electron chi connectivity index (χ4n) is 2.88. The third kappa shape index (κ3) is 4.98. The molecule has 1 aromatic carbocycles. The van der Waals surface area contributed by atoms with E-state index in [-0.39, 0.29) is 24.3 Å². The lowest BCUT2D eigenvalue weighted by Gasteiger charge is -2.31. The molecular formula is C19H28N2O3. The number of hydrogen-bond donors (Lipinski definition) is 1. The quantitative estimate of drug-likeness (QED) is 0.870. The molecule has 1 heterocycles. The van der Waals surface area contributed by atoms with Gasteiger partial charge in [0.25, 0.3) is 5.91 Å². The number of nitrogens with zero attached hydrogens (tertiary/aromatic N) is 1. The molecule has 0 unspecified atom stereocenters. The van der Waals surface area contributed by atoms with Gasteiger partial charge in [-0.05, 0) is 50.3 Å². The van der Waals surface area contributed by atoms with E-state index in [2.05, 4.69) is 5.32 Å². The molecule has 0 spiro atoms. The highest BCUT2D eigenvalue weighted by Gasteiger charge is 2.27. The van der Waals surface area contributed by atoms with E-state index >= 15 is 0 Å². The molecule has 0 aromatic heterocycles. The van der Waals surface area contributed by atoms with E-state index in [1.807, 2.05) is 39.0 Å². The minimum Gasteiger partial charge on any atom is -0.483 e. The molecule has 1 fully saturated rings. The maximum atomic E-state index is 12.3. The minimum absolute atomic E-state index is 0.0108. The Bertz CT molecular complexity index is 578. The van der Waals surface area contributed by atoms with Crippen molar-refractivity contribution in [2.45, 2.75) is 40.0 Å². The lowest BCUT2D eigenvalue weighted by Crippen LogP contribution is -2.44. The fraction of sp³-hybridized carbons (Fsp3) is 0.579. The third-order valence-electron chi connectivity index (χ3n) is 4.46. The van der Waals surface area contributed by atoms with Crippen LogP contribution in [-0.4, -0.2) is 43.0 Å². The Kier molecular flexibility index (Phi) is 6.64. The van der Waals surface area contributed by atoms with Crippen molar-refractivity contribution in [3.8, 4) is 5.75 Å². The molecule has 2 amide bonds. The Labute approximate surface area is 144 Å². The second-order valence-corrected chi connectivity index (χ2v) is 6.50. The summed E-state index contributed by atoms with van der Waals surface area (Å²) in [5.74, 6) is 0.900. The van der Waals surface area contributed by atoms with Gasteiger partial charge in [-0.25, -0.2) is 0 Å². The van der Waals surface area contributed by atoms with Crippen LogP contribution in [0.25, 0.3) is 0 Å². The first-order chi connectivity index (χ1) is 11.5. The highest BCUT2D eigenvalue weighted by atomic mass is 16.5. The number of likely N-dealkylation sites (tertiary alicyclic amines) is 1. The number of aryl methyl sites for hydroxylation is 2. The highest BCUT2D eigenvalue weighted by Crippen LogP contribution is 2.20. The average molecular weight is 332 g/mol. The van der Waals surface area contributed by atoms with Crippen molar-refractivity contribution in [1.82, 2.24) is 10.2 Å². The number of piperidine rings is 1. The summed E-state index contributed by atoms with van der Waals surface area (Å²) in [6.45, 7) is 8.04. The van der Waals surface area contributed by atoms with Crippen molar-refractivity contribution in [3.63, 3.8) is 0 Å². The van der Waals surface area contributed by atoms with E-state index in [4.69, 9.17) is 4.74 Å². The molecule has 0 bridgehead atoms. The maximum absolute atomic E-state index is 12.3. The van der Waals surface area contributed by atoms with Crippen LogP contribution in [0.2, 0.25) is 0 Å². The van der Waals surface area contributed by atoms with E-state index in [9.17, 15) is 9.59 Å². The number of carbonyl (C=O) groups is 2. The molecule has 0 radical (unpaired) electrons. The van der Waals surface area contributed by atoms with Crippen molar-refractivity contribution in [1.29, 1.82) is 0 Å². The van der Waals surface area contributed by atoms with Crippen LogP contribution in [0.4, 0.5) is 0 Å². The van der Waals surface area contributed by atoms with Crippen molar-refractivity contribution in [2.24, 2.45) is 5.92 Å². The number of carbonyl (C=O) groups excluding carboxylic acids is 2. The monoisotopic (exact) mass is 332 g/mol. The third-order valence-corrected chi connectivity index (χ3v) is 4.46. The van der Waals surface area contributed by atoms with E-state index in [0.29, 0.717) is 13.1 Å². The van der Waals surface area contributed by atoms with Gasteiger partial charge in [0, 0.05) is 25.6 Å². The van der Waals surface area contributed by atoms with Crippen molar-refractivity contribution >= 4 is 11.8 Å². The van der Waals surface area contributed by atoms with Gasteiger partial charge in [0.05, 0.1) is 0 Å². The number of benzene rings is 1. The van der Waals surface area contributed by atoms with Gasteiger partial charge in [0.1, 0.15) is 5.75 Å². The summed E-state index contributed by atoms with van der Waals surface area (Å²) < 4.78 is 5.69. The van der Waals surface area contributed by atoms with Crippen molar-refractivity contribution < 1.29 is 14.3 Å². The maximum Gasteiger partial charge on any atom is 0.260 e. The second-order valence-electron chi connectivity index (χ2n) is 6.50. The Balaban J connectivity index is 1.78. The predicted octanol–water partition coefficient (Wildman–Crippen LogP) is 2.45. The van der Waals surface area contributed by atoms with E-state index in [0.717, 1.165) is 42.7 Å². The molecule has 0 aliphatic carbocycles. The van der Waals surface area contributed by atoms with Gasteiger partial charge in [-0.2, -0.15) is 0 Å². The summed E-state index contributed by atoms with van der Waals surface area (Å²) in [7, 11) is 0. The fourth-order valence-corrected chi connectivity index (χ4v) is 2.88. The Hall–Kier alpha value is -2.04. The van der Waals surface area contributed by atoms with Crippen molar-refractivity contribution in [3.05, 3.63) is 29.3 Å². The van der Waals surface area contributed by atoms with Crippen LogP contribution in [0, 0.1) is 19.8 Å². The first-order valence-electron chi connectivity index (χ1n) is 8.76. The summed E-state index contributed by atoms with van der Waals surface area (Å²) in [5.41, 5.74) is 2.14. The van der Waals surface area contributed by atoms with Gasteiger partial charge in [-0.15, -0.1) is 0 Å². The molecule has 1 aliphatic rings. The first-order valence-corrected chi connectivity index (χ1v) is 8.76. The van der Waals surface area contributed by atoms with Gasteiger partial charge in [-0.3, -0.25) is 9.59 Å². The molecule has 1 aromatic rings. The predicted molar refractivity (Wildman–Crippen MR) is 94.0 cm³/mol. The van der Waals surface area contributed by atoms with E-state index in [1.165, 1.54) is 0 Å². The number of amides is 2. The molecule has 24 heavy (non-hydrogen) atoms. The van der Waals surface area contributed by atoms with Gasteiger partial charge in [0.2, 0.25) is 5.91 Å². The summed E-state index contributed by atoms with van der Waals surface area (Å²) in [6, 6.07) is 5.97. The van der Waals surface area contributed by atoms with Crippen LogP contribution >= 0.6 is 0 Å². The highest BCUT2D eigenvalue weighted by molar-refractivity contribution is 5.80. The number of nitrogens with one attached hydrogen (secondary N) is 1. The lowest BCUT2D eigenvalue weighted by atomic mass is 9.96. The average Bonchev–Trinajstić information content (AvgIpc) is 2.60. The van der Waals surface area contributed by atoms with Crippen molar-refractivity contribution in [2.75, 3.05) is 26.2 Å². The topological polar surface area (TPSA) is 58.6 Å². The molecule has 1 saturated heterocycles. The normalized spacial score (nSPS) is 15.2. The summed E-state index contributed by atoms with van der Waals surface area (Å²) in [6.07, 6.45) is 2.40. The van der Waals surface area contributed by atoms with Crippen LogP contribution in [0.5, 0.6) is 5.75 Å². The van der Waals surface area contributed by atoms with Crippen LogP contribution in [0.1, 0.15) is 37.3 Å². The van der Waals surface area contributed by atoms with Gasteiger partial charge in [-0.1, -0.05) is 19.1 Å². The van der Waals surface area contributed by atoms with Gasteiger partial charge < -0.3 is 15.0 Å². The first kappa shape index (κ1) is 18.3. The van der Waals surface area contributed by atoms with Gasteiger partial charge >= 0.3 is 0 Å². The minimum atomic E-state index is -0.0108. The van der Waals surface area contributed by atoms with E-state index < -0.39 is 0 Å². The standard InChI is InChI=1S/C19H28N2O3/c1-4-9-20-19(23)16-7-10-21(11-8-16)18(22)13-24-17-12-14(2)5-6-15(17)3/h5-6,12,16H,4,7-11,13H2,1-3H3,(H,20,23). The largest absolute Gasteiger partial charge is 0.483 e. The van der Waals surface area contributed by atoms with Crippen LogP contribution in [0.3, 0.4) is 0 Å². The Morgan fingerprint density at radius 2 is 1.96 bits per heavy atom. The van der Waals surface area contributed by atoms with Crippen LogP contribution in [-0.2, 0) is 9.59 Å². The lowest BCUT2D eigenvalue weighted by molar-refractivity contribution is -0.137. The number of ether oxygens (including phenoxy) is 1. The van der Waals surface area contributed by atoms with Crippen LogP contribution in [0.15, 0.2) is 18.2 Å². The zero-order valence-corrected chi connectivity index (χ0v) is 14.9. The molecule has 2 rings (SSSR count). The molecule has 1 aliphatic heterocycles. The summed E-state index contributed by atoms with van der Waals surface area (Å²) in [5, 5.41) is 2.94. The zero-order chi connectivity index (χ0) is 17.5. The van der Waals surface area contributed by atoms with E-state index in [1.54, 1.807) is 4.90 Å². The molecule has 0 saturated carbocycles.